The number of nitrogens with one attached hydrogen (secondary N) is 1. The van der Waals surface area contributed by atoms with E-state index in [9.17, 15) is 0 Å². The summed E-state index contributed by atoms with van der Waals surface area (Å²) in [6.45, 7) is 0. The summed E-state index contributed by atoms with van der Waals surface area (Å²) in [5, 5.41) is 12.5. The van der Waals surface area contributed by atoms with E-state index in [1.807, 2.05) is 0 Å². The van der Waals surface area contributed by atoms with Crippen molar-refractivity contribution in [1.82, 2.24) is 5.32 Å². The third-order valence-electron chi connectivity index (χ3n) is 2.27. The molecule has 2 unspecified atom stereocenters. The van der Waals surface area contributed by atoms with E-state index >= 15 is 0 Å². The average molecular weight is 113 g/mol. The third kappa shape index (κ3) is 0.501. The molecule has 8 heavy (non-hydrogen) atoms. The molecule has 2 aliphatic rings. The van der Waals surface area contributed by atoms with Gasteiger partial charge in [0.25, 0.3) is 0 Å². The van der Waals surface area contributed by atoms with Crippen LogP contribution >= 0.6 is 0 Å². The normalized spacial score (nSPS) is 52.9. The Kier molecular flexibility index (Phi) is 0.866. The molecule has 2 heteroatoms. The Labute approximate surface area is 48.9 Å². The minimum Gasteiger partial charge on any atom is -0.391 e. The van der Waals surface area contributed by atoms with Gasteiger partial charge in [-0.05, 0) is 19.3 Å². The summed E-state index contributed by atoms with van der Waals surface area (Å²) in [4.78, 5) is 0. The number of hydrogen-bond donors (Lipinski definition) is 2. The van der Waals surface area contributed by atoms with E-state index in [4.69, 9.17) is 5.11 Å². The van der Waals surface area contributed by atoms with Gasteiger partial charge in [0.05, 0.1) is 6.10 Å². The largest absolute Gasteiger partial charge is 0.391 e. The Bertz CT molecular complexity index is 103. The molecule has 2 nitrogen and oxygen atoms in total. The topological polar surface area (TPSA) is 32.3 Å². The van der Waals surface area contributed by atoms with Crippen LogP contribution in [0.1, 0.15) is 19.3 Å². The molecule has 0 aromatic rings. The minimum atomic E-state index is -0.0336. The van der Waals surface area contributed by atoms with Crippen molar-refractivity contribution in [3.05, 3.63) is 0 Å². The van der Waals surface area contributed by atoms with Crippen molar-refractivity contribution in [2.45, 2.75) is 37.5 Å². The Balaban J connectivity index is 2.11. The fourth-order valence-corrected chi connectivity index (χ4v) is 1.80. The fraction of sp³-hybridized carbons (Fsp3) is 1.00. The first-order valence-corrected chi connectivity index (χ1v) is 3.30. The van der Waals surface area contributed by atoms with Gasteiger partial charge in [-0.15, -0.1) is 0 Å². The number of hydrogen-bond acceptors (Lipinski definition) is 2. The van der Waals surface area contributed by atoms with Gasteiger partial charge in [0.2, 0.25) is 0 Å². The van der Waals surface area contributed by atoms with Gasteiger partial charge in [-0.1, -0.05) is 0 Å². The van der Waals surface area contributed by atoms with Gasteiger partial charge in [0.1, 0.15) is 0 Å². The summed E-state index contributed by atoms with van der Waals surface area (Å²) >= 11 is 0. The lowest BCUT2D eigenvalue weighted by atomic mass is 9.98. The van der Waals surface area contributed by atoms with Crippen LogP contribution in [0.4, 0.5) is 0 Å². The van der Waals surface area contributed by atoms with Crippen molar-refractivity contribution in [2.75, 3.05) is 0 Å². The molecule has 0 spiro atoms. The van der Waals surface area contributed by atoms with Crippen LogP contribution in [0, 0.1) is 0 Å². The SMILES string of the molecule is O[C@@H]1CC2CCC1N2. The first-order valence-electron chi connectivity index (χ1n) is 3.30. The first kappa shape index (κ1) is 4.77. The van der Waals surface area contributed by atoms with E-state index in [0.717, 1.165) is 6.42 Å². The molecule has 2 N–H and O–H groups in total. The summed E-state index contributed by atoms with van der Waals surface area (Å²) in [5.74, 6) is 0. The molecule has 0 amide bonds. The van der Waals surface area contributed by atoms with Crippen LogP contribution in [0.5, 0.6) is 0 Å². The lowest BCUT2D eigenvalue weighted by Crippen LogP contribution is -2.26. The second-order valence-electron chi connectivity index (χ2n) is 2.85. The Hall–Kier alpha value is -0.0800. The average Bonchev–Trinajstić information content (AvgIpc) is 2.23. The van der Waals surface area contributed by atoms with E-state index in [-0.39, 0.29) is 6.10 Å². The second kappa shape index (κ2) is 1.45. The molecule has 46 valence electrons. The second-order valence-corrected chi connectivity index (χ2v) is 2.85. The predicted molar refractivity (Wildman–Crippen MR) is 30.6 cm³/mol. The third-order valence-corrected chi connectivity index (χ3v) is 2.27. The standard InChI is InChI=1S/C6H11NO/c8-6-3-4-1-2-5(6)7-4/h4-8H,1-3H2/t4?,5?,6-/m1/s1. The molecule has 0 saturated carbocycles. The molecule has 3 atom stereocenters. The summed E-state index contributed by atoms with van der Waals surface area (Å²) in [5.41, 5.74) is 0. The molecule has 0 radical (unpaired) electrons. The molecule has 0 aromatic heterocycles. The van der Waals surface area contributed by atoms with E-state index in [1.165, 1.54) is 12.8 Å². The van der Waals surface area contributed by atoms with Gasteiger partial charge in [-0.3, -0.25) is 0 Å². The lowest BCUT2D eigenvalue weighted by molar-refractivity contribution is 0.145. The van der Waals surface area contributed by atoms with Gasteiger partial charge in [-0.25, -0.2) is 0 Å². The van der Waals surface area contributed by atoms with E-state index < -0.39 is 0 Å². The first-order chi connectivity index (χ1) is 3.86. The van der Waals surface area contributed by atoms with Crippen molar-refractivity contribution >= 4 is 0 Å². The highest BCUT2D eigenvalue weighted by Crippen LogP contribution is 2.27. The number of fused-ring (bicyclic) bond motifs is 2. The highest BCUT2D eigenvalue weighted by molar-refractivity contribution is 4.97. The minimum absolute atomic E-state index is 0.0336. The maximum Gasteiger partial charge on any atom is 0.0708 e. The van der Waals surface area contributed by atoms with Crippen molar-refractivity contribution in [2.24, 2.45) is 0 Å². The molecule has 0 aliphatic carbocycles. The molecule has 2 fully saturated rings. The summed E-state index contributed by atoms with van der Waals surface area (Å²) in [6.07, 6.45) is 3.42. The van der Waals surface area contributed by atoms with Crippen LogP contribution in [-0.2, 0) is 0 Å². The summed E-state index contributed by atoms with van der Waals surface area (Å²) < 4.78 is 0. The maximum absolute atomic E-state index is 9.16. The lowest BCUT2D eigenvalue weighted by Gasteiger charge is -2.12. The Morgan fingerprint density at radius 2 is 2.25 bits per heavy atom. The monoisotopic (exact) mass is 113 g/mol. The molecular formula is C6H11NO. The highest BCUT2D eigenvalue weighted by atomic mass is 16.3. The zero-order valence-corrected chi connectivity index (χ0v) is 4.80. The van der Waals surface area contributed by atoms with E-state index in [2.05, 4.69) is 5.32 Å². The van der Waals surface area contributed by atoms with Crippen LogP contribution in [0.2, 0.25) is 0 Å². The van der Waals surface area contributed by atoms with Crippen LogP contribution < -0.4 is 5.32 Å². The summed E-state index contributed by atoms with van der Waals surface area (Å²) in [7, 11) is 0. The van der Waals surface area contributed by atoms with Gasteiger partial charge >= 0.3 is 0 Å². The van der Waals surface area contributed by atoms with Gasteiger partial charge in [0.15, 0.2) is 0 Å². The van der Waals surface area contributed by atoms with E-state index in [0.29, 0.717) is 12.1 Å². The predicted octanol–water partition coefficient (Wildman–Crippen LogP) is -0.128. The molecule has 2 aliphatic heterocycles. The van der Waals surface area contributed by atoms with Gasteiger partial charge in [-0.2, -0.15) is 0 Å². The number of aliphatic hydroxyl groups is 1. The molecule has 2 heterocycles. The number of aliphatic hydroxyl groups excluding tert-OH is 1. The van der Waals surface area contributed by atoms with Crippen LogP contribution in [-0.4, -0.2) is 23.3 Å². The van der Waals surface area contributed by atoms with Crippen molar-refractivity contribution in [1.29, 1.82) is 0 Å². The quantitative estimate of drug-likeness (QED) is 0.458. The van der Waals surface area contributed by atoms with E-state index in [1.54, 1.807) is 0 Å². The smallest absolute Gasteiger partial charge is 0.0708 e. The Morgan fingerprint density at radius 1 is 1.38 bits per heavy atom. The van der Waals surface area contributed by atoms with Gasteiger partial charge < -0.3 is 10.4 Å². The number of rotatable bonds is 0. The molecule has 2 bridgehead atoms. The van der Waals surface area contributed by atoms with Gasteiger partial charge in [0, 0.05) is 12.1 Å². The van der Waals surface area contributed by atoms with Crippen LogP contribution in [0.25, 0.3) is 0 Å². The molecule has 2 rings (SSSR count). The Morgan fingerprint density at radius 3 is 2.50 bits per heavy atom. The van der Waals surface area contributed by atoms with Crippen molar-refractivity contribution in [3.63, 3.8) is 0 Å². The zero-order valence-electron chi connectivity index (χ0n) is 4.80. The fourth-order valence-electron chi connectivity index (χ4n) is 1.80. The molecular weight excluding hydrogens is 102 g/mol. The highest BCUT2D eigenvalue weighted by Gasteiger charge is 2.37. The summed E-state index contributed by atoms with van der Waals surface area (Å²) in [6, 6.07) is 1.09. The molecule has 0 aromatic carbocycles. The van der Waals surface area contributed by atoms with Crippen LogP contribution in [0.3, 0.4) is 0 Å². The van der Waals surface area contributed by atoms with Crippen molar-refractivity contribution in [3.8, 4) is 0 Å². The zero-order chi connectivity index (χ0) is 5.56. The maximum atomic E-state index is 9.16. The molecule has 2 saturated heterocycles. The van der Waals surface area contributed by atoms with Crippen LogP contribution in [0.15, 0.2) is 0 Å². The van der Waals surface area contributed by atoms with Crippen molar-refractivity contribution < 1.29 is 5.11 Å².